The van der Waals surface area contributed by atoms with E-state index in [-0.39, 0.29) is 5.91 Å². The Morgan fingerprint density at radius 2 is 1.78 bits per heavy atom. The molecule has 0 spiro atoms. The maximum absolute atomic E-state index is 12.3. The molecule has 5 nitrogen and oxygen atoms in total. The van der Waals surface area contributed by atoms with Gasteiger partial charge in [0.2, 0.25) is 5.91 Å². The Labute approximate surface area is 189 Å². The van der Waals surface area contributed by atoms with Crippen LogP contribution in [0.4, 0.5) is 0 Å². The Bertz CT molecular complexity index is 1170. The first kappa shape index (κ1) is 21.6. The minimum absolute atomic E-state index is 0.0688. The second-order valence-electron chi connectivity index (χ2n) is 7.92. The van der Waals surface area contributed by atoms with Gasteiger partial charge in [0.25, 0.3) is 0 Å². The first-order chi connectivity index (χ1) is 15.7. The van der Waals surface area contributed by atoms with Crippen LogP contribution in [0.1, 0.15) is 23.4 Å². The number of hydrogen-bond acceptors (Lipinski definition) is 3. The summed E-state index contributed by atoms with van der Waals surface area (Å²) in [5, 5.41) is 3.04. The van der Waals surface area contributed by atoms with Gasteiger partial charge in [0, 0.05) is 19.4 Å². The molecule has 1 N–H and O–H groups in total. The number of benzene rings is 3. The highest BCUT2D eigenvalue weighted by Crippen LogP contribution is 2.17. The minimum atomic E-state index is 0.0688. The van der Waals surface area contributed by atoms with Gasteiger partial charge in [-0.1, -0.05) is 54.6 Å². The maximum atomic E-state index is 12.3. The number of hydrogen-bond donors (Lipinski definition) is 1. The van der Waals surface area contributed by atoms with E-state index in [2.05, 4.69) is 41.1 Å². The lowest BCUT2D eigenvalue weighted by atomic mass is 10.1. The molecule has 164 valence electrons. The predicted octanol–water partition coefficient (Wildman–Crippen LogP) is 4.72. The second-order valence-corrected chi connectivity index (χ2v) is 7.92. The molecule has 0 unspecified atom stereocenters. The Kier molecular flexibility index (Phi) is 7.18. The van der Waals surface area contributed by atoms with Gasteiger partial charge in [0.05, 0.1) is 17.6 Å². The summed E-state index contributed by atoms with van der Waals surface area (Å²) in [7, 11) is 0. The molecule has 0 aliphatic heterocycles. The van der Waals surface area contributed by atoms with E-state index >= 15 is 0 Å². The number of ether oxygens (including phenoxy) is 1. The largest absolute Gasteiger partial charge is 0.492 e. The summed E-state index contributed by atoms with van der Waals surface area (Å²) < 4.78 is 8.16. The third-order valence-electron chi connectivity index (χ3n) is 5.46. The Hall–Kier alpha value is -3.60. The molecule has 0 aliphatic rings. The zero-order chi connectivity index (χ0) is 22.2. The van der Waals surface area contributed by atoms with Crippen LogP contribution in [0.5, 0.6) is 5.75 Å². The summed E-state index contributed by atoms with van der Waals surface area (Å²) >= 11 is 0. The van der Waals surface area contributed by atoms with Crippen LogP contribution in [-0.4, -0.2) is 28.6 Å². The van der Waals surface area contributed by atoms with Crippen molar-refractivity contribution in [1.29, 1.82) is 0 Å². The molecule has 1 aromatic heterocycles. The van der Waals surface area contributed by atoms with Crippen molar-refractivity contribution < 1.29 is 9.53 Å². The van der Waals surface area contributed by atoms with Gasteiger partial charge in [-0.3, -0.25) is 4.79 Å². The molecule has 0 aliphatic carbocycles. The van der Waals surface area contributed by atoms with Crippen molar-refractivity contribution in [1.82, 2.24) is 14.9 Å². The number of carbonyl (C=O) groups excluding carboxylic acids is 1. The van der Waals surface area contributed by atoms with Gasteiger partial charge in [0.15, 0.2) is 0 Å². The first-order valence-electron chi connectivity index (χ1n) is 11.1. The van der Waals surface area contributed by atoms with E-state index in [1.54, 1.807) is 0 Å². The predicted molar refractivity (Wildman–Crippen MR) is 128 cm³/mol. The molecule has 0 atom stereocenters. The highest BCUT2D eigenvalue weighted by atomic mass is 16.5. The van der Waals surface area contributed by atoms with Crippen molar-refractivity contribution in [3.8, 4) is 5.75 Å². The first-order valence-corrected chi connectivity index (χ1v) is 11.1. The number of carbonyl (C=O) groups is 1. The van der Waals surface area contributed by atoms with Crippen LogP contribution in [0.25, 0.3) is 11.0 Å². The maximum Gasteiger partial charge on any atom is 0.220 e. The third kappa shape index (κ3) is 5.76. The molecule has 3 aromatic carbocycles. The molecule has 4 rings (SSSR count). The number of nitrogens with one attached hydrogen (secondary N) is 1. The number of nitrogens with zero attached hydrogens (tertiary/aromatic N) is 2. The standard InChI is InChI=1S/C27H29N3O2/c1-21-8-7-11-23(20-21)32-19-18-30-25-13-6-5-12-24(25)29-26(30)16-17-28-27(31)15-14-22-9-3-2-4-10-22/h2-13,20H,14-19H2,1H3,(H,28,31). The number of para-hydroxylation sites is 2. The number of aromatic nitrogens is 2. The van der Waals surface area contributed by atoms with E-state index in [0.29, 0.717) is 32.5 Å². The fourth-order valence-corrected chi connectivity index (χ4v) is 3.83. The third-order valence-corrected chi connectivity index (χ3v) is 5.46. The molecular weight excluding hydrogens is 398 g/mol. The van der Waals surface area contributed by atoms with E-state index < -0.39 is 0 Å². The number of amides is 1. The quantitative estimate of drug-likeness (QED) is 0.399. The number of aryl methyl sites for hydroxylation is 2. The van der Waals surface area contributed by atoms with Gasteiger partial charge in [-0.2, -0.15) is 0 Å². The highest BCUT2D eigenvalue weighted by Gasteiger charge is 2.11. The summed E-state index contributed by atoms with van der Waals surface area (Å²) in [6, 6.07) is 26.3. The van der Waals surface area contributed by atoms with Gasteiger partial charge in [-0.05, 0) is 48.7 Å². The molecule has 0 bridgehead atoms. The zero-order valence-electron chi connectivity index (χ0n) is 18.5. The Balaban J connectivity index is 1.34. The molecule has 32 heavy (non-hydrogen) atoms. The Morgan fingerprint density at radius 1 is 0.969 bits per heavy atom. The molecule has 0 saturated carbocycles. The van der Waals surface area contributed by atoms with Crippen molar-refractivity contribution in [3.63, 3.8) is 0 Å². The lowest BCUT2D eigenvalue weighted by Gasteiger charge is -2.12. The fraction of sp³-hybridized carbons (Fsp3) is 0.259. The average molecular weight is 428 g/mol. The van der Waals surface area contributed by atoms with E-state index in [1.165, 1.54) is 11.1 Å². The smallest absolute Gasteiger partial charge is 0.220 e. The van der Waals surface area contributed by atoms with E-state index in [9.17, 15) is 4.79 Å². The van der Waals surface area contributed by atoms with Crippen LogP contribution in [-0.2, 0) is 24.2 Å². The van der Waals surface area contributed by atoms with E-state index in [1.807, 2.05) is 54.6 Å². The number of imidazole rings is 1. The van der Waals surface area contributed by atoms with Gasteiger partial charge < -0.3 is 14.6 Å². The molecule has 0 fully saturated rings. The van der Waals surface area contributed by atoms with Crippen molar-refractivity contribution in [2.24, 2.45) is 0 Å². The van der Waals surface area contributed by atoms with Crippen LogP contribution in [0, 0.1) is 6.92 Å². The van der Waals surface area contributed by atoms with Gasteiger partial charge >= 0.3 is 0 Å². The zero-order valence-corrected chi connectivity index (χ0v) is 18.5. The normalized spacial score (nSPS) is 10.9. The van der Waals surface area contributed by atoms with Crippen LogP contribution in [0.3, 0.4) is 0 Å². The molecule has 5 heteroatoms. The van der Waals surface area contributed by atoms with Gasteiger partial charge in [0.1, 0.15) is 18.2 Å². The highest BCUT2D eigenvalue weighted by molar-refractivity contribution is 5.77. The second kappa shape index (κ2) is 10.6. The van der Waals surface area contributed by atoms with Crippen LogP contribution in [0.15, 0.2) is 78.9 Å². The van der Waals surface area contributed by atoms with Crippen molar-refractivity contribution in [3.05, 3.63) is 95.8 Å². The lowest BCUT2D eigenvalue weighted by Crippen LogP contribution is -2.27. The molecule has 4 aromatic rings. The monoisotopic (exact) mass is 427 g/mol. The van der Waals surface area contributed by atoms with Crippen molar-refractivity contribution in [2.75, 3.05) is 13.2 Å². The van der Waals surface area contributed by atoms with Crippen molar-refractivity contribution >= 4 is 16.9 Å². The molecule has 0 radical (unpaired) electrons. The number of fused-ring (bicyclic) bond motifs is 1. The van der Waals surface area contributed by atoms with Gasteiger partial charge in [-0.15, -0.1) is 0 Å². The van der Waals surface area contributed by atoms with Crippen LogP contribution in [0.2, 0.25) is 0 Å². The SMILES string of the molecule is Cc1cccc(OCCn2c(CCNC(=O)CCc3ccccc3)nc3ccccc32)c1. The minimum Gasteiger partial charge on any atom is -0.492 e. The van der Waals surface area contributed by atoms with Crippen LogP contribution < -0.4 is 10.1 Å². The van der Waals surface area contributed by atoms with Crippen molar-refractivity contribution in [2.45, 2.75) is 32.7 Å². The average Bonchev–Trinajstić information content (AvgIpc) is 3.16. The van der Waals surface area contributed by atoms with E-state index in [4.69, 9.17) is 9.72 Å². The van der Waals surface area contributed by atoms with Crippen LogP contribution >= 0.6 is 0 Å². The fourth-order valence-electron chi connectivity index (χ4n) is 3.83. The summed E-state index contributed by atoms with van der Waals surface area (Å²) in [5.41, 5.74) is 4.41. The Morgan fingerprint density at radius 3 is 2.62 bits per heavy atom. The summed E-state index contributed by atoms with van der Waals surface area (Å²) in [6.45, 7) is 3.88. The summed E-state index contributed by atoms with van der Waals surface area (Å²) in [6.07, 6.45) is 1.92. The summed E-state index contributed by atoms with van der Waals surface area (Å²) in [5.74, 6) is 1.91. The van der Waals surface area contributed by atoms with E-state index in [0.717, 1.165) is 29.0 Å². The molecular formula is C27H29N3O2. The number of rotatable bonds is 10. The van der Waals surface area contributed by atoms with Gasteiger partial charge in [-0.25, -0.2) is 4.98 Å². The summed E-state index contributed by atoms with van der Waals surface area (Å²) in [4.78, 5) is 17.1. The topological polar surface area (TPSA) is 56.1 Å². The lowest BCUT2D eigenvalue weighted by molar-refractivity contribution is -0.121. The molecule has 1 heterocycles. The molecule has 1 amide bonds. The molecule has 0 saturated heterocycles.